The van der Waals surface area contributed by atoms with E-state index in [9.17, 15) is 9.59 Å². The van der Waals surface area contributed by atoms with Gasteiger partial charge in [0.05, 0.1) is 5.56 Å². The molecule has 29 heavy (non-hydrogen) atoms. The number of aryl methyl sites for hydroxylation is 1. The molecule has 1 aromatic carbocycles. The summed E-state index contributed by atoms with van der Waals surface area (Å²) in [4.78, 5) is 35.3. The molecule has 3 aromatic rings. The van der Waals surface area contributed by atoms with E-state index in [2.05, 4.69) is 9.97 Å². The first-order valence-corrected chi connectivity index (χ1v) is 10.2. The Morgan fingerprint density at radius 1 is 1.21 bits per heavy atom. The first kappa shape index (κ1) is 18.2. The summed E-state index contributed by atoms with van der Waals surface area (Å²) in [6.07, 6.45) is 4.37. The highest BCUT2D eigenvalue weighted by Gasteiger charge is 2.37. The van der Waals surface area contributed by atoms with Gasteiger partial charge in [0, 0.05) is 54.2 Å². The number of halogens is 1. The van der Waals surface area contributed by atoms with Crippen LogP contribution in [0.5, 0.6) is 0 Å². The van der Waals surface area contributed by atoms with Crippen molar-refractivity contribution < 1.29 is 4.79 Å². The molecule has 7 heteroatoms. The topological polar surface area (TPSA) is 71.0 Å². The second-order valence-corrected chi connectivity index (χ2v) is 8.41. The molecule has 148 valence electrons. The lowest BCUT2D eigenvalue weighted by atomic mass is 9.82. The Bertz CT molecular complexity index is 1150. The van der Waals surface area contributed by atoms with Crippen LogP contribution >= 0.6 is 11.6 Å². The Morgan fingerprint density at radius 2 is 2.07 bits per heavy atom. The van der Waals surface area contributed by atoms with Gasteiger partial charge >= 0.3 is 0 Å². The first-order valence-electron chi connectivity index (χ1n) is 9.80. The SMILES string of the molecule is Cc1cc(C(=O)N2C[C@@H]3C[C@H](C2)c2ccc(-c4ncc[nH]4)c(=O)n2C3)ccc1Cl. The van der Waals surface area contributed by atoms with Gasteiger partial charge in [-0.25, -0.2) is 4.98 Å². The van der Waals surface area contributed by atoms with E-state index < -0.39 is 0 Å². The van der Waals surface area contributed by atoms with Crippen molar-refractivity contribution in [3.63, 3.8) is 0 Å². The highest BCUT2D eigenvalue weighted by Crippen LogP contribution is 2.36. The fourth-order valence-corrected chi connectivity index (χ4v) is 4.78. The standard InChI is InChI=1S/C22H21ClN4O2/c1-13-8-15(2-4-18(13)23)21(28)26-10-14-9-16(12-26)19-5-3-17(20-24-6-7-25-20)22(29)27(19)11-14/h2-8,14,16H,9-12H2,1H3,(H,24,25)/t14-,16+/m0/s1. The summed E-state index contributed by atoms with van der Waals surface area (Å²) in [5.41, 5.74) is 3.14. The van der Waals surface area contributed by atoms with Gasteiger partial charge in [-0.3, -0.25) is 9.59 Å². The Morgan fingerprint density at radius 3 is 2.83 bits per heavy atom. The van der Waals surface area contributed by atoms with E-state index in [-0.39, 0.29) is 23.3 Å². The third-order valence-corrected chi connectivity index (χ3v) is 6.47. The second-order valence-electron chi connectivity index (χ2n) is 8.00. The number of aromatic amines is 1. The summed E-state index contributed by atoms with van der Waals surface area (Å²) in [6, 6.07) is 9.27. The monoisotopic (exact) mass is 408 g/mol. The number of amides is 1. The van der Waals surface area contributed by atoms with Crippen molar-refractivity contribution >= 4 is 17.5 Å². The maximum Gasteiger partial charge on any atom is 0.261 e. The minimum absolute atomic E-state index is 0.0137. The molecule has 0 unspecified atom stereocenters. The second kappa shape index (κ2) is 6.88. The van der Waals surface area contributed by atoms with Crippen molar-refractivity contribution in [1.82, 2.24) is 19.4 Å². The number of imidazole rings is 1. The maximum atomic E-state index is 13.1. The van der Waals surface area contributed by atoms with Crippen molar-refractivity contribution in [2.24, 2.45) is 5.92 Å². The van der Waals surface area contributed by atoms with Crippen LogP contribution in [0.2, 0.25) is 5.02 Å². The molecule has 2 bridgehead atoms. The highest BCUT2D eigenvalue weighted by atomic mass is 35.5. The molecular weight excluding hydrogens is 388 g/mol. The van der Waals surface area contributed by atoms with Gasteiger partial charge in [-0.1, -0.05) is 11.6 Å². The first-order chi connectivity index (χ1) is 14.0. The number of carbonyl (C=O) groups is 1. The number of rotatable bonds is 2. The summed E-state index contributed by atoms with van der Waals surface area (Å²) in [5.74, 6) is 1.06. The van der Waals surface area contributed by atoms with E-state index in [1.165, 1.54) is 0 Å². The average Bonchev–Trinajstić information content (AvgIpc) is 3.25. The van der Waals surface area contributed by atoms with Crippen LogP contribution in [0.15, 0.2) is 47.5 Å². The van der Waals surface area contributed by atoms with Gasteiger partial charge in [-0.05, 0) is 55.2 Å². The highest BCUT2D eigenvalue weighted by molar-refractivity contribution is 6.31. The molecule has 2 atom stereocenters. The minimum atomic E-state index is -0.0137. The van der Waals surface area contributed by atoms with E-state index in [0.717, 1.165) is 17.7 Å². The Labute approximate surface area is 173 Å². The van der Waals surface area contributed by atoms with E-state index in [0.29, 0.717) is 41.6 Å². The van der Waals surface area contributed by atoms with Crippen LogP contribution in [-0.4, -0.2) is 38.4 Å². The summed E-state index contributed by atoms with van der Waals surface area (Å²) in [7, 11) is 0. The van der Waals surface area contributed by atoms with Crippen LogP contribution in [0.4, 0.5) is 0 Å². The lowest BCUT2D eigenvalue weighted by Gasteiger charge is -2.43. The van der Waals surface area contributed by atoms with Crippen LogP contribution in [0.25, 0.3) is 11.4 Å². The number of carbonyl (C=O) groups excluding carboxylic acids is 1. The van der Waals surface area contributed by atoms with Gasteiger partial charge in [-0.2, -0.15) is 0 Å². The van der Waals surface area contributed by atoms with Gasteiger partial charge in [0.15, 0.2) is 0 Å². The van der Waals surface area contributed by atoms with Crippen molar-refractivity contribution in [2.45, 2.75) is 25.8 Å². The Kier molecular flexibility index (Phi) is 4.32. The Balaban J connectivity index is 1.45. The maximum absolute atomic E-state index is 13.1. The number of piperidine rings is 1. The van der Waals surface area contributed by atoms with Gasteiger partial charge in [0.2, 0.25) is 0 Å². The number of H-pyrrole nitrogens is 1. The van der Waals surface area contributed by atoms with Crippen molar-refractivity contribution in [2.75, 3.05) is 13.1 Å². The largest absolute Gasteiger partial charge is 0.344 e. The number of nitrogens with one attached hydrogen (secondary N) is 1. The number of hydrogen-bond donors (Lipinski definition) is 1. The van der Waals surface area contributed by atoms with Crippen molar-refractivity contribution in [1.29, 1.82) is 0 Å². The Hall–Kier alpha value is -2.86. The molecule has 5 rings (SSSR count). The number of benzene rings is 1. The predicted molar refractivity (Wildman–Crippen MR) is 111 cm³/mol. The molecule has 4 heterocycles. The van der Waals surface area contributed by atoms with Gasteiger partial charge < -0.3 is 14.5 Å². The summed E-state index contributed by atoms with van der Waals surface area (Å²) in [5, 5.41) is 0.665. The van der Waals surface area contributed by atoms with E-state index in [1.807, 2.05) is 34.6 Å². The molecule has 2 aliphatic heterocycles. The summed E-state index contributed by atoms with van der Waals surface area (Å²) >= 11 is 6.11. The number of nitrogens with zero attached hydrogens (tertiary/aromatic N) is 3. The normalized spacial score (nSPS) is 20.4. The van der Waals surface area contributed by atoms with E-state index >= 15 is 0 Å². The summed E-state index contributed by atoms with van der Waals surface area (Å²) < 4.78 is 1.88. The minimum Gasteiger partial charge on any atom is -0.344 e. The number of fused-ring (bicyclic) bond motifs is 4. The van der Waals surface area contributed by atoms with E-state index in [1.54, 1.807) is 24.5 Å². The third kappa shape index (κ3) is 3.08. The quantitative estimate of drug-likeness (QED) is 0.705. The molecule has 0 saturated carbocycles. The number of hydrogen-bond acceptors (Lipinski definition) is 3. The lowest BCUT2D eigenvalue weighted by molar-refractivity contribution is 0.0594. The molecule has 1 saturated heterocycles. The molecule has 1 amide bonds. The molecular formula is C22H21ClN4O2. The van der Waals surface area contributed by atoms with E-state index in [4.69, 9.17) is 11.6 Å². The third-order valence-electron chi connectivity index (χ3n) is 6.05. The lowest BCUT2D eigenvalue weighted by Crippen LogP contribution is -2.49. The molecule has 6 nitrogen and oxygen atoms in total. The van der Waals surface area contributed by atoms with Crippen LogP contribution in [-0.2, 0) is 6.54 Å². The predicted octanol–water partition coefficient (Wildman–Crippen LogP) is 3.46. The van der Waals surface area contributed by atoms with Crippen LogP contribution in [0, 0.1) is 12.8 Å². The zero-order valence-electron chi connectivity index (χ0n) is 16.1. The average molecular weight is 409 g/mol. The van der Waals surface area contributed by atoms with Crippen molar-refractivity contribution in [3.05, 3.63) is 74.9 Å². The van der Waals surface area contributed by atoms with Gasteiger partial charge in [0.1, 0.15) is 5.82 Å². The summed E-state index contributed by atoms with van der Waals surface area (Å²) in [6.45, 7) is 3.82. The van der Waals surface area contributed by atoms with Crippen LogP contribution in [0.3, 0.4) is 0 Å². The molecule has 0 spiro atoms. The smallest absolute Gasteiger partial charge is 0.261 e. The number of likely N-dealkylation sites (tertiary alicyclic amines) is 1. The molecule has 2 aromatic heterocycles. The zero-order valence-corrected chi connectivity index (χ0v) is 16.8. The van der Waals surface area contributed by atoms with Crippen LogP contribution < -0.4 is 5.56 Å². The number of aromatic nitrogens is 3. The van der Waals surface area contributed by atoms with Crippen molar-refractivity contribution in [3.8, 4) is 11.4 Å². The molecule has 0 aliphatic carbocycles. The fourth-order valence-electron chi connectivity index (χ4n) is 4.66. The molecule has 1 N–H and O–H groups in total. The van der Waals surface area contributed by atoms with Gasteiger partial charge in [0.25, 0.3) is 11.5 Å². The van der Waals surface area contributed by atoms with Gasteiger partial charge in [-0.15, -0.1) is 0 Å². The molecule has 0 radical (unpaired) electrons. The molecule has 2 aliphatic rings. The molecule has 1 fully saturated rings. The zero-order chi connectivity index (χ0) is 20.1. The van der Waals surface area contributed by atoms with Crippen LogP contribution in [0.1, 0.15) is 34.0 Å². The fraction of sp³-hybridized carbons (Fsp3) is 0.318. The number of pyridine rings is 1.